The first-order valence-electron chi connectivity index (χ1n) is 7.83. The number of nitrogens with two attached hydrogens (primary N) is 1. The van der Waals surface area contributed by atoms with Crippen molar-refractivity contribution in [3.63, 3.8) is 0 Å². The van der Waals surface area contributed by atoms with Crippen molar-refractivity contribution in [2.75, 3.05) is 6.54 Å². The molecule has 130 valence electrons. The first-order valence-corrected chi connectivity index (χ1v) is 7.83. The van der Waals surface area contributed by atoms with Crippen molar-refractivity contribution < 1.29 is 4.74 Å². The van der Waals surface area contributed by atoms with Crippen LogP contribution in [0, 0.1) is 0 Å². The van der Waals surface area contributed by atoms with Gasteiger partial charge in [-0.25, -0.2) is 4.99 Å². The molecule has 1 aromatic heterocycles. The van der Waals surface area contributed by atoms with Gasteiger partial charge in [-0.05, 0) is 43.7 Å². The van der Waals surface area contributed by atoms with Crippen LogP contribution in [-0.4, -0.2) is 23.6 Å². The number of aliphatic imine (C=N–C) groups is 1. The van der Waals surface area contributed by atoms with Gasteiger partial charge in [0, 0.05) is 24.9 Å². The van der Waals surface area contributed by atoms with Gasteiger partial charge in [0.15, 0.2) is 5.96 Å². The second kappa shape index (κ2) is 10.9. The van der Waals surface area contributed by atoms with Crippen molar-refractivity contribution in [1.29, 1.82) is 0 Å². The SMILES string of the molecule is CC(C)Oc1cccc(CN=C(N)NCCc2ccccn2)c1.I. The highest BCUT2D eigenvalue weighted by atomic mass is 127. The van der Waals surface area contributed by atoms with E-state index in [2.05, 4.69) is 15.3 Å². The Morgan fingerprint density at radius 3 is 2.79 bits per heavy atom. The van der Waals surface area contributed by atoms with Gasteiger partial charge >= 0.3 is 0 Å². The van der Waals surface area contributed by atoms with E-state index in [1.54, 1.807) is 6.20 Å². The highest BCUT2D eigenvalue weighted by Crippen LogP contribution is 2.15. The van der Waals surface area contributed by atoms with Gasteiger partial charge < -0.3 is 15.8 Å². The first kappa shape index (κ1) is 20.2. The van der Waals surface area contributed by atoms with E-state index in [0.29, 0.717) is 19.0 Å². The monoisotopic (exact) mass is 440 g/mol. The number of hydrogen-bond acceptors (Lipinski definition) is 3. The number of rotatable bonds is 7. The van der Waals surface area contributed by atoms with Crippen molar-refractivity contribution >= 4 is 29.9 Å². The fraction of sp³-hybridized carbons (Fsp3) is 0.333. The Balaban J connectivity index is 0.00000288. The molecule has 1 heterocycles. The average molecular weight is 440 g/mol. The number of ether oxygens (including phenoxy) is 1. The van der Waals surface area contributed by atoms with Crippen molar-refractivity contribution in [3.8, 4) is 5.75 Å². The fourth-order valence-electron chi connectivity index (χ4n) is 2.09. The van der Waals surface area contributed by atoms with Gasteiger partial charge in [0.1, 0.15) is 5.75 Å². The minimum Gasteiger partial charge on any atom is -0.491 e. The minimum atomic E-state index is 0. The van der Waals surface area contributed by atoms with Gasteiger partial charge in [-0.3, -0.25) is 4.98 Å². The predicted octanol–water partition coefficient (Wildman–Crippen LogP) is 3.13. The number of nitrogens with zero attached hydrogens (tertiary/aromatic N) is 2. The van der Waals surface area contributed by atoms with Gasteiger partial charge in [-0.1, -0.05) is 18.2 Å². The third-order valence-corrected chi connectivity index (χ3v) is 3.12. The molecule has 0 fully saturated rings. The molecule has 1 aromatic carbocycles. The Kier molecular flexibility index (Phi) is 9.14. The Morgan fingerprint density at radius 1 is 1.25 bits per heavy atom. The topological polar surface area (TPSA) is 72.5 Å². The number of aromatic nitrogens is 1. The van der Waals surface area contributed by atoms with Crippen LogP contribution in [0.15, 0.2) is 53.7 Å². The van der Waals surface area contributed by atoms with Crippen LogP contribution in [0.2, 0.25) is 0 Å². The van der Waals surface area contributed by atoms with Gasteiger partial charge in [0.05, 0.1) is 12.6 Å². The number of nitrogens with one attached hydrogen (secondary N) is 1. The Labute approximate surface area is 160 Å². The van der Waals surface area contributed by atoms with Gasteiger partial charge in [0.25, 0.3) is 0 Å². The third-order valence-electron chi connectivity index (χ3n) is 3.12. The molecule has 24 heavy (non-hydrogen) atoms. The Morgan fingerprint density at radius 2 is 2.08 bits per heavy atom. The van der Waals surface area contributed by atoms with Crippen LogP contribution in [-0.2, 0) is 13.0 Å². The summed E-state index contributed by atoms with van der Waals surface area (Å²) in [4.78, 5) is 8.62. The molecule has 0 aliphatic heterocycles. The molecule has 0 amide bonds. The van der Waals surface area contributed by atoms with E-state index in [9.17, 15) is 0 Å². The summed E-state index contributed by atoms with van der Waals surface area (Å²) in [5.74, 6) is 1.30. The lowest BCUT2D eigenvalue weighted by atomic mass is 10.2. The normalized spacial score (nSPS) is 11.0. The van der Waals surface area contributed by atoms with Crippen molar-refractivity contribution in [2.24, 2.45) is 10.7 Å². The van der Waals surface area contributed by atoms with Crippen LogP contribution < -0.4 is 15.8 Å². The average Bonchev–Trinajstić information content (AvgIpc) is 2.54. The lowest BCUT2D eigenvalue weighted by molar-refractivity contribution is 0.242. The number of hydrogen-bond donors (Lipinski definition) is 2. The van der Waals surface area contributed by atoms with Gasteiger partial charge in [0.2, 0.25) is 0 Å². The molecule has 0 unspecified atom stereocenters. The molecule has 0 saturated carbocycles. The minimum absolute atomic E-state index is 0. The van der Waals surface area contributed by atoms with Gasteiger partial charge in [-0.15, -0.1) is 24.0 Å². The van der Waals surface area contributed by atoms with Crippen LogP contribution in [0.4, 0.5) is 0 Å². The molecule has 2 aromatic rings. The molecular weight excluding hydrogens is 415 g/mol. The largest absolute Gasteiger partial charge is 0.491 e. The van der Waals surface area contributed by atoms with Crippen LogP contribution in [0.1, 0.15) is 25.1 Å². The predicted molar refractivity (Wildman–Crippen MR) is 109 cm³/mol. The fourth-order valence-corrected chi connectivity index (χ4v) is 2.09. The van der Waals surface area contributed by atoms with Crippen molar-refractivity contribution in [2.45, 2.75) is 32.9 Å². The Hall–Kier alpha value is -1.83. The standard InChI is InChI=1S/C18H24N4O.HI/c1-14(2)23-17-8-5-6-15(12-17)13-22-18(19)21-11-9-16-7-3-4-10-20-16;/h3-8,10,12,14H,9,11,13H2,1-2H3,(H3,19,21,22);1H. The summed E-state index contributed by atoms with van der Waals surface area (Å²) in [6, 6.07) is 13.8. The highest BCUT2D eigenvalue weighted by molar-refractivity contribution is 14.0. The van der Waals surface area contributed by atoms with E-state index < -0.39 is 0 Å². The third kappa shape index (κ3) is 7.63. The smallest absolute Gasteiger partial charge is 0.188 e. The molecule has 0 radical (unpaired) electrons. The molecule has 3 N–H and O–H groups in total. The molecule has 0 aliphatic rings. The number of benzene rings is 1. The van der Waals surface area contributed by atoms with E-state index in [0.717, 1.165) is 23.4 Å². The quantitative estimate of drug-likeness (QED) is 0.394. The molecule has 0 bridgehead atoms. The van der Waals surface area contributed by atoms with Gasteiger partial charge in [-0.2, -0.15) is 0 Å². The molecule has 2 rings (SSSR count). The second-order valence-corrected chi connectivity index (χ2v) is 5.51. The van der Waals surface area contributed by atoms with E-state index >= 15 is 0 Å². The first-order chi connectivity index (χ1) is 11.1. The number of halogens is 1. The summed E-state index contributed by atoms with van der Waals surface area (Å²) >= 11 is 0. The lowest BCUT2D eigenvalue weighted by Gasteiger charge is -2.10. The maximum Gasteiger partial charge on any atom is 0.188 e. The summed E-state index contributed by atoms with van der Waals surface area (Å²) in [6.07, 6.45) is 2.76. The zero-order valence-corrected chi connectivity index (χ0v) is 16.4. The van der Waals surface area contributed by atoms with Crippen LogP contribution in [0.3, 0.4) is 0 Å². The van der Waals surface area contributed by atoms with Crippen LogP contribution in [0.5, 0.6) is 5.75 Å². The van der Waals surface area contributed by atoms with Crippen molar-refractivity contribution in [1.82, 2.24) is 10.3 Å². The maximum atomic E-state index is 5.89. The number of pyridine rings is 1. The molecule has 6 heteroatoms. The summed E-state index contributed by atoms with van der Waals surface area (Å²) in [7, 11) is 0. The molecule has 5 nitrogen and oxygen atoms in total. The van der Waals surface area contributed by atoms with E-state index in [4.69, 9.17) is 10.5 Å². The zero-order valence-electron chi connectivity index (χ0n) is 14.1. The molecule has 0 spiro atoms. The Bertz CT molecular complexity index is 632. The van der Waals surface area contributed by atoms with Crippen molar-refractivity contribution in [3.05, 3.63) is 59.9 Å². The number of guanidine groups is 1. The van der Waals surface area contributed by atoms with Crippen LogP contribution >= 0.6 is 24.0 Å². The summed E-state index contributed by atoms with van der Waals surface area (Å²) < 4.78 is 5.67. The molecule has 0 atom stereocenters. The summed E-state index contributed by atoms with van der Waals surface area (Å²) in [6.45, 7) is 5.25. The zero-order chi connectivity index (χ0) is 16.5. The van der Waals surface area contributed by atoms with E-state index in [1.165, 1.54) is 0 Å². The van der Waals surface area contributed by atoms with E-state index in [-0.39, 0.29) is 30.1 Å². The lowest BCUT2D eigenvalue weighted by Crippen LogP contribution is -2.33. The molecular formula is C18H25IN4O. The maximum absolute atomic E-state index is 5.89. The highest BCUT2D eigenvalue weighted by Gasteiger charge is 2.00. The summed E-state index contributed by atoms with van der Waals surface area (Å²) in [5.41, 5.74) is 7.99. The van der Waals surface area contributed by atoms with E-state index in [1.807, 2.05) is 56.3 Å². The molecule has 0 saturated heterocycles. The van der Waals surface area contributed by atoms with Crippen LogP contribution in [0.25, 0.3) is 0 Å². The molecule has 0 aliphatic carbocycles. The summed E-state index contributed by atoms with van der Waals surface area (Å²) in [5, 5.41) is 3.10. The second-order valence-electron chi connectivity index (χ2n) is 5.51.